The number of carboxylic acid groups (broad SMARTS) is 1. The van der Waals surface area contributed by atoms with Gasteiger partial charge in [-0.05, 0) is 23.6 Å². The van der Waals surface area contributed by atoms with Crippen LogP contribution < -0.4 is 0 Å². The fourth-order valence-electron chi connectivity index (χ4n) is 4.03. The van der Waals surface area contributed by atoms with Gasteiger partial charge in [-0.2, -0.15) is 0 Å². The summed E-state index contributed by atoms with van der Waals surface area (Å²) in [4.78, 5) is 12.5. The van der Waals surface area contributed by atoms with Crippen LogP contribution in [0.5, 0.6) is 0 Å². The summed E-state index contributed by atoms with van der Waals surface area (Å²) in [5.41, 5.74) is 2.19. The van der Waals surface area contributed by atoms with Crippen molar-refractivity contribution in [1.29, 1.82) is 0 Å². The van der Waals surface area contributed by atoms with Gasteiger partial charge in [0, 0.05) is 21.9 Å². The highest BCUT2D eigenvalue weighted by atomic mass is 19.1. The molecule has 3 nitrogen and oxygen atoms in total. The zero-order chi connectivity index (χ0) is 20.0. The standard InChI is InChI=1S/C25H16FNO2/c26-20-13-5-3-11-18(20)23-19-12-4-6-14-22(19)27(24(23)25(28)29)21-15-7-9-16-8-1-2-10-17(16)21/h1-15H,(H,28,29). The molecule has 140 valence electrons. The Morgan fingerprint density at radius 1 is 0.759 bits per heavy atom. The molecule has 0 fully saturated rings. The third-order valence-electron chi connectivity index (χ3n) is 5.23. The summed E-state index contributed by atoms with van der Waals surface area (Å²) in [6.07, 6.45) is 0. The summed E-state index contributed by atoms with van der Waals surface area (Å²) in [7, 11) is 0. The molecule has 0 atom stereocenters. The van der Waals surface area contributed by atoms with Crippen LogP contribution in [0.2, 0.25) is 0 Å². The maximum Gasteiger partial charge on any atom is 0.353 e. The molecule has 0 saturated carbocycles. The Kier molecular flexibility index (Phi) is 3.91. The summed E-state index contributed by atoms with van der Waals surface area (Å²) >= 11 is 0. The van der Waals surface area contributed by atoms with Gasteiger partial charge in [0.1, 0.15) is 11.5 Å². The number of rotatable bonds is 3. The van der Waals surface area contributed by atoms with E-state index in [1.165, 1.54) is 6.07 Å². The molecule has 5 aromatic rings. The van der Waals surface area contributed by atoms with Crippen molar-refractivity contribution in [2.45, 2.75) is 0 Å². The minimum absolute atomic E-state index is 0.0488. The smallest absolute Gasteiger partial charge is 0.353 e. The van der Waals surface area contributed by atoms with Crippen molar-refractivity contribution in [3.63, 3.8) is 0 Å². The van der Waals surface area contributed by atoms with Crippen LogP contribution in [0.3, 0.4) is 0 Å². The van der Waals surface area contributed by atoms with Crippen molar-refractivity contribution < 1.29 is 14.3 Å². The summed E-state index contributed by atoms with van der Waals surface area (Å²) in [5, 5.41) is 12.8. The zero-order valence-corrected chi connectivity index (χ0v) is 15.3. The Balaban J connectivity index is 1.99. The molecule has 1 N–H and O–H groups in total. The van der Waals surface area contributed by atoms with Gasteiger partial charge in [-0.15, -0.1) is 0 Å². The lowest BCUT2D eigenvalue weighted by Gasteiger charge is -2.12. The molecule has 0 unspecified atom stereocenters. The normalized spacial score (nSPS) is 11.2. The van der Waals surface area contributed by atoms with Crippen molar-refractivity contribution >= 4 is 27.6 Å². The minimum atomic E-state index is -1.10. The third kappa shape index (κ3) is 2.61. The van der Waals surface area contributed by atoms with Gasteiger partial charge in [0.25, 0.3) is 0 Å². The van der Waals surface area contributed by atoms with Crippen molar-refractivity contribution in [3.8, 4) is 16.8 Å². The number of nitrogens with zero attached hydrogens (tertiary/aromatic N) is 1. The molecule has 0 spiro atoms. The van der Waals surface area contributed by atoms with Crippen molar-refractivity contribution in [1.82, 2.24) is 4.57 Å². The fourth-order valence-corrected chi connectivity index (χ4v) is 4.03. The van der Waals surface area contributed by atoms with Gasteiger partial charge in [0.05, 0.1) is 11.2 Å². The average molecular weight is 381 g/mol. The Labute approximate surface area is 166 Å². The molecule has 1 aromatic heterocycles. The van der Waals surface area contributed by atoms with Crippen LogP contribution in [0.15, 0.2) is 91.0 Å². The molecule has 4 aromatic carbocycles. The van der Waals surface area contributed by atoms with E-state index >= 15 is 0 Å². The van der Waals surface area contributed by atoms with Crippen LogP contribution >= 0.6 is 0 Å². The first-order valence-corrected chi connectivity index (χ1v) is 9.26. The fraction of sp³-hybridized carbons (Fsp3) is 0. The summed E-state index contributed by atoms with van der Waals surface area (Å²) in [6.45, 7) is 0. The van der Waals surface area contributed by atoms with E-state index in [9.17, 15) is 14.3 Å². The molecule has 4 heteroatoms. The number of benzene rings is 4. The summed E-state index contributed by atoms with van der Waals surface area (Å²) in [5.74, 6) is -1.55. The molecule has 0 amide bonds. The van der Waals surface area contributed by atoms with E-state index in [4.69, 9.17) is 0 Å². The monoisotopic (exact) mass is 381 g/mol. The Morgan fingerprint density at radius 2 is 1.41 bits per heavy atom. The van der Waals surface area contributed by atoms with Gasteiger partial charge in [0.15, 0.2) is 0 Å². The molecular formula is C25H16FNO2. The largest absolute Gasteiger partial charge is 0.477 e. The molecule has 0 aliphatic rings. The van der Waals surface area contributed by atoms with Crippen LogP contribution in [-0.2, 0) is 0 Å². The van der Waals surface area contributed by atoms with Crippen LogP contribution in [0.4, 0.5) is 4.39 Å². The van der Waals surface area contributed by atoms with Crippen molar-refractivity contribution in [3.05, 3.63) is 103 Å². The lowest BCUT2D eigenvalue weighted by atomic mass is 10.0. The predicted molar refractivity (Wildman–Crippen MR) is 113 cm³/mol. The Morgan fingerprint density at radius 3 is 2.21 bits per heavy atom. The molecule has 5 rings (SSSR count). The van der Waals surface area contributed by atoms with Gasteiger partial charge in [-0.1, -0.05) is 72.8 Å². The van der Waals surface area contributed by atoms with E-state index in [1.807, 2.05) is 66.7 Å². The summed E-state index contributed by atoms with van der Waals surface area (Å²) < 4.78 is 16.4. The summed E-state index contributed by atoms with van der Waals surface area (Å²) in [6, 6.07) is 27.3. The molecule has 0 aliphatic carbocycles. The maximum absolute atomic E-state index is 14.7. The number of hydrogen-bond donors (Lipinski definition) is 1. The average Bonchev–Trinajstić information content (AvgIpc) is 3.09. The topological polar surface area (TPSA) is 42.2 Å². The number of fused-ring (bicyclic) bond motifs is 2. The third-order valence-corrected chi connectivity index (χ3v) is 5.23. The lowest BCUT2D eigenvalue weighted by molar-refractivity contribution is 0.0689. The lowest BCUT2D eigenvalue weighted by Crippen LogP contribution is -2.08. The first kappa shape index (κ1) is 17.2. The van der Waals surface area contributed by atoms with Crippen LogP contribution in [0.1, 0.15) is 10.5 Å². The van der Waals surface area contributed by atoms with E-state index in [0.717, 1.165) is 22.0 Å². The van der Waals surface area contributed by atoms with Gasteiger partial charge >= 0.3 is 5.97 Å². The highest BCUT2D eigenvalue weighted by Gasteiger charge is 2.26. The Bertz CT molecular complexity index is 1400. The molecule has 0 radical (unpaired) electrons. The van der Waals surface area contributed by atoms with E-state index in [0.29, 0.717) is 10.9 Å². The number of hydrogen-bond acceptors (Lipinski definition) is 1. The van der Waals surface area contributed by atoms with E-state index < -0.39 is 11.8 Å². The maximum atomic E-state index is 14.7. The first-order chi connectivity index (χ1) is 14.2. The molecule has 0 bridgehead atoms. The number of aromatic carboxylic acids is 1. The number of carbonyl (C=O) groups is 1. The zero-order valence-electron chi connectivity index (χ0n) is 15.3. The second kappa shape index (κ2) is 6.60. The van der Waals surface area contributed by atoms with Crippen molar-refractivity contribution in [2.24, 2.45) is 0 Å². The highest BCUT2D eigenvalue weighted by molar-refractivity contribution is 6.10. The van der Waals surface area contributed by atoms with E-state index in [2.05, 4.69) is 0 Å². The van der Waals surface area contributed by atoms with Gasteiger partial charge in [-0.3, -0.25) is 0 Å². The second-order valence-electron chi connectivity index (χ2n) is 6.86. The second-order valence-corrected chi connectivity index (χ2v) is 6.86. The van der Waals surface area contributed by atoms with E-state index in [-0.39, 0.29) is 11.3 Å². The molecular weight excluding hydrogens is 365 g/mol. The SMILES string of the molecule is O=C(O)c1c(-c2ccccc2F)c2ccccc2n1-c1cccc2ccccc12. The van der Waals surface area contributed by atoms with Crippen LogP contribution in [0, 0.1) is 5.82 Å². The number of aromatic nitrogens is 1. The molecule has 1 heterocycles. The predicted octanol–water partition coefficient (Wildman–Crippen LogP) is 6.29. The quantitative estimate of drug-likeness (QED) is 0.399. The molecule has 29 heavy (non-hydrogen) atoms. The minimum Gasteiger partial charge on any atom is -0.477 e. The molecule has 0 saturated heterocycles. The number of para-hydroxylation sites is 1. The van der Waals surface area contributed by atoms with Crippen LogP contribution in [-0.4, -0.2) is 15.6 Å². The van der Waals surface area contributed by atoms with Gasteiger partial charge in [0.2, 0.25) is 0 Å². The highest BCUT2D eigenvalue weighted by Crippen LogP contribution is 2.39. The number of halogens is 1. The van der Waals surface area contributed by atoms with E-state index in [1.54, 1.807) is 22.8 Å². The molecule has 0 aliphatic heterocycles. The van der Waals surface area contributed by atoms with Crippen LogP contribution in [0.25, 0.3) is 38.5 Å². The van der Waals surface area contributed by atoms with Gasteiger partial charge < -0.3 is 9.67 Å². The first-order valence-electron chi connectivity index (χ1n) is 9.26. The van der Waals surface area contributed by atoms with Crippen molar-refractivity contribution in [2.75, 3.05) is 0 Å². The van der Waals surface area contributed by atoms with Gasteiger partial charge in [-0.25, -0.2) is 9.18 Å². The number of carboxylic acids is 1. The Hall–Kier alpha value is -3.92.